The summed E-state index contributed by atoms with van der Waals surface area (Å²) in [5.41, 5.74) is 0. The van der Waals surface area contributed by atoms with Gasteiger partial charge in [0.15, 0.2) is 0 Å². The van der Waals surface area contributed by atoms with Crippen LogP contribution in [0.1, 0.15) is 33.6 Å². The fourth-order valence-corrected chi connectivity index (χ4v) is 1.78. The van der Waals surface area contributed by atoms with Gasteiger partial charge in [-0.25, -0.2) is 0 Å². The van der Waals surface area contributed by atoms with Crippen LogP contribution in [0.25, 0.3) is 0 Å². The van der Waals surface area contributed by atoms with E-state index in [0.717, 1.165) is 6.42 Å². The maximum atomic E-state index is 11.5. The number of carbonyl (C=O) groups excluding carboxylic acids is 1. The van der Waals surface area contributed by atoms with Gasteiger partial charge in [-0.1, -0.05) is 20.8 Å². The standard InChI is InChI=1S/C13H27NO3/c1-11(2)9-12(3)10-13(15)14-5-6-17-8-7-16-4/h11-12H,5-10H2,1-4H3,(H,14,15). The molecule has 0 heterocycles. The predicted molar refractivity (Wildman–Crippen MR) is 68.9 cm³/mol. The van der Waals surface area contributed by atoms with Gasteiger partial charge in [0.25, 0.3) is 0 Å². The molecular formula is C13H27NO3. The van der Waals surface area contributed by atoms with Crippen molar-refractivity contribution in [1.29, 1.82) is 0 Å². The molecule has 0 radical (unpaired) electrons. The third-order valence-corrected chi connectivity index (χ3v) is 2.41. The lowest BCUT2D eigenvalue weighted by molar-refractivity contribution is -0.122. The first-order valence-electron chi connectivity index (χ1n) is 6.39. The van der Waals surface area contributed by atoms with Crippen LogP contribution in [-0.2, 0) is 14.3 Å². The van der Waals surface area contributed by atoms with Gasteiger partial charge in [-0.3, -0.25) is 4.79 Å². The Morgan fingerprint density at radius 3 is 2.47 bits per heavy atom. The molecule has 4 heteroatoms. The van der Waals surface area contributed by atoms with Crippen LogP contribution in [-0.4, -0.2) is 39.4 Å². The number of carbonyl (C=O) groups is 1. The number of ether oxygens (including phenoxy) is 2. The van der Waals surface area contributed by atoms with Crippen molar-refractivity contribution in [2.45, 2.75) is 33.6 Å². The van der Waals surface area contributed by atoms with Crippen LogP contribution in [0.4, 0.5) is 0 Å². The highest BCUT2D eigenvalue weighted by molar-refractivity contribution is 5.76. The molecule has 1 atom stereocenters. The molecule has 0 aliphatic rings. The largest absolute Gasteiger partial charge is 0.382 e. The zero-order chi connectivity index (χ0) is 13.1. The molecule has 102 valence electrons. The minimum Gasteiger partial charge on any atom is -0.382 e. The van der Waals surface area contributed by atoms with Gasteiger partial charge in [-0.2, -0.15) is 0 Å². The zero-order valence-electron chi connectivity index (χ0n) is 11.6. The quantitative estimate of drug-likeness (QED) is 0.597. The Morgan fingerprint density at radius 2 is 1.88 bits per heavy atom. The Labute approximate surface area is 105 Å². The van der Waals surface area contributed by atoms with Crippen molar-refractivity contribution in [2.75, 3.05) is 33.5 Å². The first-order valence-corrected chi connectivity index (χ1v) is 6.39. The first-order chi connectivity index (χ1) is 8.06. The van der Waals surface area contributed by atoms with Crippen LogP contribution in [0.2, 0.25) is 0 Å². The molecule has 1 unspecified atom stereocenters. The number of nitrogens with one attached hydrogen (secondary N) is 1. The van der Waals surface area contributed by atoms with Crippen LogP contribution in [0.5, 0.6) is 0 Å². The van der Waals surface area contributed by atoms with E-state index in [0.29, 0.717) is 44.6 Å². The van der Waals surface area contributed by atoms with Gasteiger partial charge in [0.1, 0.15) is 0 Å². The molecule has 17 heavy (non-hydrogen) atoms. The number of methoxy groups -OCH3 is 1. The molecule has 0 aliphatic heterocycles. The van der Waals surface area contributed by atoms with Gasteiger partial charge >= 0.3 is 0 Å². The molecule has 4 nitrogen and oxygen atoms in total. The topological polar surface area (TPSA) is 47.6 Å². The Balaban J connectivity index is 3.40. The van der Waals surface area contributed by atoms with Crippen LogP contribution >= 0.6 is 0 Å². The summed E-state index contributed by atoms with van der Waals surface area (Å²) in [6.45, 7) is 8.78. The van der Waals surface area contributed by atoms with E-state index in [1.54, 1.807) is 7.11 Å². The van der Waals surface area contributed by atoms with E-state index in [1.807, 2.05) is 0 Å². The molecule has 0 saturated carbocycles. The lowest BCUT2D eigenvalue weighted by Crippen LogP contribution is -2.29. The van der Waals surface area contributed by atoms with Gasteiger partial charge in [0, 0.05) is 20.1 Å². The molecular weight excluding hydrogens is 218 g/mol. The van der Waals surface area contributed by atoms with E-state index in [-0.39, 0.29) is 5.91 Å². The predicted octanol–water partition coefficient (Wildman–Crippen LogP) is 1.84. The van der Waals surface area contributed by atoms with Crippen molar-refractivity contribution in [3.63, 3.8) is 0 Å². The summed E-state index contributed by atoms with van der Waals surface area (Å²) >= 11 is 0. The fourth-order valence-electron chi connectivity index (χ4n) is 1.78. The second-order valence-corrected chi connectivity index (χ2v) is 4.89. The number of hydrogen-bond acceptors (Lipinski definition) is 3. The highest BCUT2D eigenvalue weighted by Crippen LogP contribution is 2.13. The van der Waals surface area contributed by atoms with E-state index in [1.165, 1.54) is 0 Å². The van der Waals surface area contributed by atoms with Crippen molar-refractivity contribution in [3.8, 4) is 0 Å². The molecule has 0 aliphatic carbocycles. The molecule has 0 bridgehead atoms. The molecule has 0 fully saturated rings. The molecule has 0 aromatic heterocycles. The van der Waals surface area contributed by atoms with Gasteiger partial charge in [-0.05, 0) is 18.3 Å². The Hall–Kier alpha value is -0.610. The first kappa shape index (κ1) is 16.4. The lowest BCUT2D eigenvalue weighted by Gasteiger charge is -2.13. The van der Waals surface area contributed by atoms with Crippen LogP contribution in [0, 0.1) is 11.8 Å². The average molecular weight is 245 g/mol. The Morgan fingerprint density at radius 1 is 1.18 bits per heavy atom. The molecule has 0 spiro atoms. The molecule has 1 amide bonds. The Bertz CT molecular complexity index is 195. The van der Waals surface area contributed by atoms with Crippen LogP contribution < -0.4 is 5.32 Å². The molecule has 1 N–H and O–H groups in total. The van der Waals surface area contributed by atoms with Crippen molar-refractivity contribution in [2.24, 2.45) is 11.8 Å². The summed E-state index contributed by atoms with van der Waals surface area (Å²) in [5.74, 6) is 1.22. The second-order valence-electron chi connectivity index (χ2n) is 4.89. The van der Waals surface area contributed by atoms with Crippen molar-refractivity contribution < 1.29 is 14.3 Å². The zero-order valence-corrected chi connectivity index (χ0v) is 11.6. The van der Waals surface area contributed by atoms with Crippen LogP contribution in [0.15, 0.2) is 0 Å². The molecule has 0 rings (SSSR count). The van der Waals surface area contributed by atoms with Crippen molar-refractivity contribution >= 4 is 5.91 Å². The highest BCUT2D eigenvalue weighted by Gasteiger charge is 2.10. The molecule has 0 aromatic rings. The van der Waals surface area contributed by atoms with Gasteiger partial charge in [-0.15, -0.1) is 0 Å². The third-order valence-electron chi connectivity index (χ3n) is 2.41. The van der Waals surface area contributed by atoms with Gasteiger partial charge < -0.3 is 14.8 Å². The van der Waals surface area contributed by atoms with E-state index in [2.05, 4.69) is 26.1 Å². The number of rotatable bonds is 10. The summed E-state index contributed by atoms with van der Waals surface area (Å²) in [7, 11) is 1.64. The van der Waals surface area contributed by atoms with Crippen molar-refractivity contribution in [3.05, 3.63) is 0 Å². The molecule has 0 saturated heterocycles. The molecule has 0 aromatic carbocycles. The minimum atomic E-state index is 0.119. The number of amides is 1. The normalized spacial score (nSPS) is 12.8. The smallest absolute Gasteiger partial charge is 0.220 e. The average Bonchev–Trinajstić information content (AvgIpc) is 2.21. The summed E-state index contributed by atoms with van der Waals surface area (Å²) in [5, 5.41) is 2.86. The highest BCUT2D eigenvalue weighted by atomic mass is 16.5. The van der Waals surface area contributed by atoms with Crippen molar-refractivity contribution in [1.82, 2.24) is 5.32 Å². The maximum Gasteiger partial charge on any atom is 0.220 e. The number of hydrogen-bond donors (Lipinski definition) is 1. The minimum absolute atomic E-state index is 0.119. The SMILES string of the molecule is COCCOCCNC(=O)CC(C)CC(C)C. The lowest BCUT2D eigenvalue weighted by atomic mass is 9.96. The van der Waals surface area contributed by atoms with E-state index >= 15 is 0 Å². The van der Waals surface area contributed by atoms with E-state index < -0.39 is 0 Å². The fraction of sp³-hybridized carbons (Fsp3) is 0.923. The summed E-state index contributed by atoms with van der Waals surface area (Å²) in [6, 6.07) is 0. The second kappa shape index (κ2) is 10.5. The van der Waals surface area contributed by atoms with Gasteiger partial charge in [0.05, 0.1) is 19.8 Å². The summed E-state index contributed by atoms with van der Waals surface area (Å²) in [6.07, 6.45) is 1.70. The third kappa shape index (κ3) is 11.6. The van der Waals surface area contributed by atoms with E-state index in [9.17, 15) is 4.79 Å². The Kier molecular flexibility index (Phi) is 10.2. The van der Waals surface area contributed by atoms with E-state index in [4.69, 9.17) is 9.47 Å². The van der Waals surface area contributed by atoms with Crippen LogP contribution in [0.3, 0.4) is 0 Å². The van der Waals surface area contributed by atoms with Gasteiger partial charge in [0.2, 0.25) is 5.91 Å². The monoisotopic (exact) mass is 245 g/mol. The maximum absolute atomic E-state index is 11.5. The summed E-state index contributed by atoms with van der Waals surface area (Å²) in [4.78, 5) is 11.5. The summed E-state index contributed by atoms with van der Waals surface area (Å²) < 4.78 is 10.1.